The molecule has 0 spiro atoms. The third-order valence-corrected chi connectivity index (χ3v) is 6.49. The molecular formula is C25H27Cl2N3O4. The molecule has 0 aliphatic carbocycles. The lowest BCUT2D eigenvalue weighted by Gasteiger charge is -2.31. The number of hydrogen-bond acceptors (Lipinski definition) is 4. The average Bonchev–Trinajstić information content (AvgIpc) is 3.06. The van der Waals surface area contributed by atoms with E-state index < -0.39 is 6.04 Å². The van der Waals surface area contributed by atoms with Gasteiger partial charge in [0.15, 0.2) is 0 Å². The van der Waals surface area contributed by atoms with Crippen LogP contribution < -0.4 is 5.32 Å². The van der Waals surface area contributed by atoms with Crippen molar-refractivity contribution in [1.82, 2.24) is 15.1 Å². The van der Waals surface area contributed by atoms with Crippen LogP contribution in [0.25, 0.3) is 0 Å². The molecule has 0 fully saturated rings. The summed E-state index contributed by atoms with van der Waals surface area (Å²) in [4.78, 5) is 53.8. The minimum Gasteiger partial charge on any atom is -0.355 e. The van der Waals surface area contributed by atoms with Gasteiger partial charge in [-0.2, -0.15) is 0 Å². The molecule has 3 rings (SSSR count). The second kappa shape index (κ2) is 11.5. The lowest BCUT2D eigenvalue weighted by molar-refractivity contribution is -0.141. The Bertz CT molecular complexity index is 1050. The Kier molecular flexibility index (Phi) is 8.69. The molecular weight excluding hydrogens is 477 g/mol. The predicted octanol–water partition coefficient (Wildman–Crippen LogP) is 4.31. The first-order valence-corrected chi connectivity index (χ1v) is 12.0. The Morgan fingerprint density at radius 3 is 2.09 bits per heavy atom. The number of carbonyl (C=O) groups is 4. The van der Waals surface area contributed by atoms with Crippen molar-refractivity contribution in [3.05, 3.63) is 69.2 Å². The van der Waals surface area contributed by atoms with Crippen molar-refractivity contribution in [2.45, 2.75) is 45.7 Å². The minimum absolute atomic E-state index is 0.0470. The van der Waals surface area contributed by atoms with Crippen LogP contribution >= 0.6 is 23.2 Å². The van der Waals surface area contributed by atoms with Crippen LogP contribution in [0, 0.1) is 0 Å². The normalized spacial score (nSPS) is 13.6. The van der Waals surface area contributed by atoms with Gasteiger partial charge >= 0.3 is 0 Å². The largest absolute Gasteiger partial charge is 0.355 e. The minimum atomic E-state index is -0.709. The van der Waals surface area contributed by atoms with Gasteiger partial charge in [0.1, 0.15) is 6.04 Å². The lowest BCUT2D eigenvalue weighted by atomic mass is 10.1. The SMILES string of the molecule is CCNC(=O)C(CC)N(Cc1c(Cl)cccc1Cl)C(=O)CCCN1C(=O)c2ccccc2C1=O. The highest BCUT2D eigenvalue weighted by molar-refractivity contribution is 6.36. The van der Waals surface area contributed by atoms with Gasteiger partial charge in [-0.05, 0) is 44.0 Å². The van der Waals surface area contributed by atoms with Crippen LogP contribution in [0.1, 0.15) is 59.4 Å². The highest BCUT2D eigenvalue weighted by Gasteiger charge is 2.35. The lowest BCUT2D eigenvalue weighted by Crippen LogP contribution is -2.49. The maximum atomic E-state index is 13.3. The van der Waals surface area contributed by atoms with E-state index in [1.165, 1.54) is 4.90 Å². The average molecular weight is 504 g/mol. The molecule has 34 heavy (non-hydrogen) atoms. The van der Waals surface area contributed by atoms with Crippen LogP contribution in [-0.2, 0) is 16.1 Å². The molecule has 1 heterocycles. The van der Waals surface area contributed by atoms with E-state index in [0.717, 1.165) is 4.90 Å². The molecule has 1 aliphatic rings. The third kappa shape index (κ3) is 5.42. The number of hydrogen-bond donors (Lipinski definition) is 1. The number of imide groups is 1. The van der Waals surface area contributed by atoms with Gasteiger partial charge in [0.05, 0.1) is 11.1 Å². The molecule has 1 aliphatic heterocycles. The molecule has 0 saturated heterocycles. The van der Waals surface area contributed by atoms with Gasteiger partial charge in [-0.25, -0.2) is 0 Å². The molecule has 9 heteroatoms. The molecule has 0 saturated carbocycles. The van der Waals surface area contributed by atoms with Crippen LogP contribution in [-0.4, -0.2) is 52.6 Å². The Labute approximate surface area is 209 Å². The first-order chi connectivity index (χ1) is 16.3. The Morgan fingerprint density at radius 1 is 0.971 bits per heavy atom. The monoisotopic (exact) mass is 503 g/mol. The Hall–Kier alpha value is -2.90. The van der Waals surface area contributed by atoms with E-state index in [9.17, 15) is 19.2 Å². The molecule has 2 aromatic carbocycles. The van der Waals surface area contributed by atoms with E-state index in [1.54, 1.807) is 42.5 Å². The number of nitrogens with one attached hydrogen (secondary N) is 1. The Morgan fingerprint density at radius 2 is 1.56 bits per heavy atom. The number of fused-ring (bicyclic) bond motifs is 1. The molecule has 0 bridgehead atoms. The number of halogens is 2. The molecule has 1 N–H and O–H groups in total. The maximum absolute atomic E-state index is 13.3. The molecule has 4 amide bonds. The second-order valence-electron chi connectivity index (χ2n) is 7.95. The standard InChI is InChI=1S/C25H27Cl2N3O4/c1-3-21(23(32)28-4-2)30(15-18-19(26)11-7-12-20(18)27)22(31)13-8-14-29-24(33)16-9-5-6-10-17(16)25(29)34/h5-7,9-12,21H,3-4,8,13-15H2,1-2H3,(H,28,32). The molecule has 1 atom stereocenters. The number of nitrogens with zero attached hydrogens (tertiary/aromatic N) is 2. The van der Waals surface area contributed by atoms with Crippen LogP contribution in [0.2, 0.25) is 10.0 Å². The second-order valence-corrected chi connectivity index (χ2v) is 8.77. The summed E-state index contributed by atoms with van der Waals surface area (Å²) in [6.07, 6.45) is 0.715. The highest BCUT2D eigenvalue weighted by Crippen LogP contribution is 2.28. The number of benzene rings is 2. The number of rotatable bonds is 10. The molecule has 0 radical (unpaired) electrons. The summed E-state index contributed by atoms with van der Waals surface area (Å²) in [6.45, 7) is 4.25. The van der Waals surface area contributed by atoms with Crippen LogP contribution in [0.5, 0.6) is 0 Å². The van der Waals surface area contributed by atoms with Gasteiger partial charge in [-0.15, -0.1) is 0 Å². The fourth-order valence-electron chi connectivity index (χ4n) is 4.04. The summed E-state index contributed by atoms with van der Waals surface area (Å²) in [5.41, 5.74) is 1.30. The number of carbonyl (C=O) groups excluding carboxylic acids is 4. The van der Waals surface area contributed by atoms with Crippen molar-refractivity contribution in [2.24, 2.45) is 0 Å². The predicted molar refractivity (Wildman–Crippen MR) is 131 cm³/mol. The smallest absolute Gasteiger partial charge is 0.261 e. The molecule has 0 aromatic heterocycles. The van der Waals surface area contributed by atoms with Gasteiger partial charge in [0, 0.05) is 41.7 Å². The highest BCUT2D eigenvalue weighted by atomic mass is 35.5. The van der Waals surface area contributed by atoms with Crippen LogP contribution in [0.4, 0.5) is 0 Å². The number of likely N-dealkylation sites (N-methyl/N-ethyl adjacent to an activating group) is 1. The van der Waals surface area contributed by atoms with Crippen molar-refractivity contribution in [2.75, 3.05) is 13.1 Å². The summed E-state index contributed by atoms with van der Waals surface area (Å²) in [6, 6.07) is 11.0. The van der Waals surface area contributed by atoms with Crippen molar-refractivity contribution >= 4 is 46.8 Å². The van der Waals surface area contributed by atoms with E-state index >= 15 is 0 Å². The summed E-state index contributed by atoms with van der Waals surface area (Å²) < 4.78 is 0. The van der Waals surface area contributed by atoms with Crippen LogP contribution in [0.15, 0.2) is 42.5 Å². The van der Waals surface area contributed by atoms with Gasteiger partial charge in [-0.1, -0.05) is 48.3 Å². The van der Waals surface area contributed by atoms with Crippen LogP contribution in [0.3, 0.4) is 0 Å². The molecule has 180 valence electrons. The van der Waals surface area contributed by atoms with E-state index in [-0.39, 0.29) is 49.6 Å². The summed E-state index contributed by atoms with van der Waals surface area (Å²) in [7, 11) is 0. The quantitative estimate of drug-likeness (QED) is 0.489. The fourth-order valence-corrected chi connectivity index (χ4v) is 4.56. The van der Waals surface area contributed by atoms with Crippen molar-refractivity contribution in [3.63, 3.8) is 0 Å². The maximum Gasteiger partial charge on any atom is 0.261 e. The van der Waals surface area contributed by atoms with E-state index in [4.69, 9.17) is 23.2 Å². The van der Waals surface area contributed by atoms with Crippen molar-refractivity contribution in [3.8, 4) is 0 Å². The zero-order valence-corrected chi connectivity index (χ0v) is 20.7. The van der Waals surface area contributed by atoms with Gasteiger partial charge in [-0.3, -0.25) is 24.1 Å². The van der Waals surface area contributed by atoms with E-state index in [2.05, 4.69) is 5.32 Å². The molecule has 2 aromatic rings. The third-order valence-electron chi connectivity index (χ3n) is 5.78. The Balaban J connectivity index is 1.74. The zero-order valence-electron chi connectivity index (χ0n) is 19.1. The summed E-state index contributed by atoms with van der Waals surface area (Å²) in [5.74, 6) is -1.27. The first-order valence-electron chi connectivity index (χ1n) is 11.2. The van der Waals surface area contributed by atoms with Gasteiger partial charge in [0.2, 0.25) is 11.8 Å². The van der Waals surface area contributed by atoms with Crippen molar-refractivity contribution < 1.29 is 19.2 Å². The molecule has 7 nitrogen and oxygen atoms in total. The molecule has 1 unspecified atom stereocenters. The number of amides is 4. The topological polar surface area (TPSA) is 86.8 Å². The van der Waals surface area contributed by atoms with E-state index in [1.807, 2.05) is 13.8 Å². The van der Waals surface area contributed by atoms with Gasteiger partial charge in [0.25, 0.3) is 11.8 Å². The summed E-state index contributed by atoms with van der Waals surface area (Å²) >= 11 is 12.7. The van der Waals surface area contributed by atoms with E-state index in [0.29, 0.717) is 39.7 Å². The summed E-state index contributed by atoms with van der Waals surface area (Å²) in [5, 5.41) is 3.58. The van der Waals surface area contributed by atoms with Gasteiger partial charge < -0.3 is 10.2 Å². The zero-order chi connectivity index (χ0) is 24.8. The van der Waals surface area contributed by atoms with Crippen molar-refractivity contribution in [1.29, 1.82) is 0 Å². The first kappa shape index (κ1) is 25.7. The fraction of sp³-hybridized carbons (Fsp3) is 0.360.